The molecule has 5 nitrogen and oxygen atoms in total. The van der Waals surface area contributed by atoms with Crippen LogP contribution in [0.15, 0.2) is 24.3 Å². The molecule has 0 radical (unpaired) electrons. The summed E-state index contributed by atoms with van der Waals surface area (Å²) < 4.78 is 28.6. The lowest BCUT2D eigenvalue weighted by Gasteiger charge is -2.16. The molecule has 1 fully saturated rings. The van der Waals surface area contributed by atoms with Gasteiger partial charge in [-0.05, 0) is 17.7 Å². The van der Waals surface area contributed by atoms with Gasteiger partial charge in [0.1, 0.15) is 5.75 Å². The third-order valence-electron chi connectivity index (χ3n) is 2.89. The summed E-state index contributed by atoms with van der Waals surface area (Å²) in [5.74, 6) is 0.262. The number of methoxy groups -OCH3 is 1. The predicted octanol–water partition coefficient (Wildman–Crippen LogP) is 0.671. The Morgan fingerprint density at radius 3 is 2.89 bits per heavy atom. The van der Waals surface area contributed by atoms with Crippen LogP contribution in [-0.2, 0) is 14.6 Å². The van der Waals surface area contributed by atoms with Crippen LogP contribution in [0.1, 0.15) is 18.0 Å². The quantitative estimate of drug-likeness (QED) is 0.856. The number of amides is 1. The summed E-state index contributed by atoms with van der Waals surface area (Å²) in [4.78, 5) is 11.5. The lowest BCUT2D eigenvalue weighted by molar-refractivity contribution is -0.121. The Morgan fingerprint density at radius 2 is 2.17 bits per heavy atom. The topological polar surface area (TPSA) is 72.5 Å². The van der Waals surface area contributed by atoms with E-state index >= 15 is 0 Å². The molecule has 1 heterocycles. The van der Waals surface area contributed by atoms with Gasteiger partial charge < -0.3 is 10.1 Å². The summed E-state index contributed by atoms with van der Waals surface area (Å²) in [6, 6.07) is 6.58. The van der Waals surface area contributed by atoms with E-state index < -0.39 is 15.9 Å². The lowest BCUT2D eigenvalue weighted by Crippen LogP contribution is -2.29. The number of nitrogens with one attached hydrogen (secondary N) is 1. The van der Waals surface area contributed by atoms with Gasteiger partial charge in [-0.25, -0.2) is 8.42 Å². The van der Waals surface area contributed by atoms with Crippen LogP contribution in [0.2, 0.25) is 0 Å². The van der Waals surface area contributed by atoms with E-state index in [9.17, 15) is 13.2 Å². The molecule has 1 N–H and O–H groups in total. The maximum atomic E-state index is 11.7. The Balaban J connectivity index is 2.32. The Morgan fingerprint density at radius 1 is 1.39 bits per heavy atom. The molecule has 1 aliphatic rings. The van der Waals surface area contributed by atoms with Gasteiger partial charge in [-0.3, -0.25) is 4.79 Å². The van der Waals surface area contributed by atoms with Gasteiger partial charge in [0.15, 0.2) is 9.84 Å². The second kappa shape index (κ2) is 4.97. The highest BCUT2D eigenvalue weighted by Gasteiger charge is 2.27. The molecule has 6 heteroatoms. The first-order valence-corrected chi connectivity index (χ1v) is 7.46. The van der Waals surface area contributed by atoms with Crippen molar-refractivity contribution in [3.05, 3.63) is 29.8 Å². The molecule has 1 unspecified atom stereocenters. The van der Waals surface area contributed by atoms with Crippen LogP contribution in [0.5, 0.6) is 5.75 Å². The molecule has 1 amide bonds. The number of hydrogen-bond acceptors (Lipinski definition) is 4. The number of carbonyl (C=O) groups is 1. The first-order valence-electron chi connectivity index (χ1n) is 5.64. The normalized spacial score (nSPS) is 22.9. The van der Waals surface area contributed by atoms with Gasteiger partial charge in [0.25, 0.3) is 0 Å². The van der Waals surface area contributed by atoms with Crippen molar-refractivity contribution >= 4 is 15.7 Å². The minimum atomic E-state index is -3.19. The molecule has 1 saturated heterocycles. The van der Waals surface area contributed by atoms with Gasteiger partial charge in [0.05, 0.1) is 24.7 Å². The molecule has 1 atom stereocenters. The van der Waals surface area contributed by atoms with Gasteiger partial charge in [-0.15, -0.1) is 0 Å². The van der Waals surface area contributed by atoms with Crippen LogP contribution < -0.4 is 10.1 Å². The molecule has 1 aromatic carbocycles. The SMILES string of the molecule is COc1cccc(C2CS(=O)(=O)CCC(=O)N2)c1. The van der Waals surface area contributed by atoms with E-state index in [4.69, 9.17) is 4.74 Å². The zero-order valence-electron chi connectivity index (χ0n) is 10.0. The van der Waals surface area contributed by atoms with Crippen LogP contribution in [0.25, 0.3) is 0 Å². The van der Waals surface area contributed by atoms with E-state index in [2.05, 4.69) is 5.32 Å². The van der Waals surface area contributed by atoms with Crippen LogP contribution in [0, 0.1) is 0 Å². The molecule has 2 rings (SSSR count). The summed E-state index contributed by atoms with van der Waals surface area (Å²) in [5, 5.41) is 2.73. The third-order valence-corrected chi connectivity index (χ3v) is 4.56. The molecular formula is C12H15NO4S. The molecule has 0 spiro atoms. The van der Waals surface area contributed by atoms with Crippen molar-refractivity contribution in [1.29, 1.82) is 0 Å². The molecule has 0 aromatic heterocycles. The monoisotopic (exact) mass is 269 g/mol. The van der Waals surface area contributed by atoms with E-state index in [0.717, 1.165) is 5.56 Å². The second-order valence-electron chi connectivity index (χ2n) is 4.26. The molecule has 0 aliphatic carbocycles. The second-order valence-corrected chi connectivity index (χ2v) is 6.49. The van der Waals surface area contributed by atoms with Crippen molar-refractivity contribution in [1.82, 2.24) is 5.32 Å². The standard InChI is InChI=1S/C12H15NO4S/c1-17-10-4-2-3-9(7-10)11-8-18(15,16)6-5-12(14)13-11/h2-4,7,11H,5-6,8H2,1H3,(H,13,14). The van der Waals surface area contributed by atoms with Gasteiger partial charge in [0.2, 0.25) is 5.91 Å². The summed E-state index contributed by atoms with van der Waals surface area (Å²) in [6.07, 6.45) is 0.0306. The van der Waals surface area contributed by atoms with Crippen molar-refractivity contribution < 1.29 is 17.9 Å². The third kappa shape index (κ3) is 3.01. The van der Waals surface area contributed by atoms with E-state index in [1.54, 1.807) is 31.4 Å². The number of hydrogen-bond donors (Lipinski definition) is 1. The van der Waals surface area contributed by atoms with Crippen LogP contribution in [-0.4, -0.2) is 32.9 Å². The van der Waals surface area contributed by atoms with E-state index in [1.165, 1.54) is 0 Å². The number of benzene rings is 1. The maximum absolute atomic E-state index is 11.7. The molecule has 0 bridgehead atoms. The number of rotatable bonds is 2. The Hall–Kier alpha value is -1.56. The smallest absolute Gasteiger partial charge is 0.221 e. The fourth-order valence-corrected chi connectivity index (χ4v) is 3.38. The van der Waals surface area contributed by atoms with Gasteiger partial charge in [0, 0.05) is 6.42 Å². The number of ether oxygens (including phenoxy) is 1. The average Bonchev–Trinajstić information content (AvgIpc) is 2.48. The van der Waals surface area contributed by atoms with Crippen molar-refractivity contribution in [3.63, 3.8) is 0 Å². The highest BCUT2D eigenvalue weighted by Crippen LogP contribution is 2.22. The Kier molecular flexibility index (Phi) is 3.56. The predicted molar refractivity (Wildman–Crippen MR) is 67.1 cm³/mol. The Labute approximate surface area is 106 Å². The first kappa shape index (κ1) is 12.9. The molecule has 1 aliphatic heterocycles. The average molecular weight is 269 g/mol. The van der Waals surface area contributed by atoms with Crippen molar-refractivity contribution in [2.45, 2.75) is 12.5 Å². The minimum Gasteiger partial charge on any atom is -0.497 e. The van der Waals surface area contributed by atoms with Gasteiger partial charge >= 0.3 is 0 Å². The van der Waals surface area contributed by atoms with Gasteiger partial charge in [-0.1, -0.05) is 12.1 Å². The summed E-state index contributed by atoms with van der Waals surface area (Å²) in [5.41, 5.74) is 0.744. The minimum absolute atomic E-state index is 0.0306. The largest absolute Gasteiger partial charge is 0.497 e. The molecule has 1 aromatic rings. The lowest BCUT2D eigenvalue weighted by atomic mass is 10.1. The van der Waals surface area contributed by atoms with Crippen LogP contribution >= 0.6 is 0 Å². The highest BCUT2D eigenvalue weighted by molar-refractivity contribution is 7.91. The van der Waals surface area contributed by atoms with Crippen LogP contribution in [0.4, 0.5) is 0 Å². The fraction of sp³-hybridized carbons (Fsp3) is 0.417. The zero-order valence-corrected chi connectivity index (χ0v) is 10.9. The van der Waals surface area contributed by atoms with E-state index in [-0.39, 0.29) is 23.8 Å². The molecular weight excluding hydrogens is 254 g/mol. The molecule has 18 heavy (non-hydrogen) atoms. The molecule has 98 valence electrons. The van der Waals surface area contributed by atoms with Crippen molar-refractivity contribution in [2.75, 3.05) is 18.6 Å². The van der Waals surface area contributed by atoms with E-state index in [0.29, 0.717) is 5.75 Å². The fourth-order valence-electron chi connectivity index (χ4n) is 1.93. The van der Waals surface area contributed by atoms with Crippen molar-refractivity contribution in [3.8, 4) is 5.75 Å². The Bertz CT molecular complexity index is 553. The highest BCUT2D eigenvalue weighted by atomic mass is 32.2. The molecule has 0 saturated carbocycles. The van der Waals surface area contributed by atoms with Crippen LogP contribution in [0.3, 0.4) is 0 Å². The van der Waals surface area contributed by atoms with Crippen molar-refractivity contribution in [2.24, 2.45) is 0 Å². The number of carbonyl (C=O) groups excluding carboxylic acids is 1. The number of sulfone groups is 1. The zero-order chi connectivity index (χ0) is 13.2. The maximum Gasteiger partial charge on any atom is 0.221 e. The summed E-state index contributed by atoms with van der Waals surface area (Å²) >= 11 is 0. The first-order chi connectivity index (χ1) is 8.50. The van der Waals surface area contributed by atoms with Gasteiger partial charge in [-0.2, -0.15) is 0 Å². The van der Waals surface area contributed by atoms with E-state index in [1.807, 2.05) is 0 Å². The summed E-state index contributed by atoms with van der Waals surface area (Å²) in [6.45, 7) is 0. The summed E-state index contributed by atoms with van der Waals surface area (Å²) in [7, 11) is -1.65.